The number of hydrogen-bond acceptors (Lipinski definition) is 3. The predicted molar refractivity (Wildman–Crippen MR) is 69.7 cm³/mol. The van der Waals surface area contributed by atoms with Crippen molar-refractivity contribution in [3.63, 3.8) is 0 Å². The number of carbonyl (C=O) groups is 1. The molecule has 0 spiro atoms. The normalized spacial score (nSPS) is 12.2. The third-order valence-electron chi connectivity index (χ3n) is 2.68. The molecular formula is C13H21N3O. The van der Waals surface area contributed by atoms with Gasteiger partial charge in [-0.15, -0.1) is 0 Å². The van der Waals surface area contributed by atoms with E-state index >= 15 is 0 Å². The quantitative estimate of drug-likeness (QED) is 0.793. The smallest absolute Gasteiger partial charge is 0.224 e. The van der Waals surface area contributed by atoms with Gasteiger partial charge in [0.2, 0.25) is 5.91 Å². The lowest BCUT2D eigenvalue weighted by atomic mass is 10.0. The van der Waals surface area contributed by atoms with Crippen molar-refractivity contribution in [1.29, 1.82) is 0 Å². The molecule has 4 heteroatoms. The molecule has 0 aliphatic carbocycles. The Morgan fingerprint density at radius 1 is 1.47 bits per heavy atom. The molecule has 0 radical (unpaired) electrons. The minimum Gasteiger partial charge on any atom is -0.330 e. The number of aryl methyl sites for hydroxylation is 1. The zero-order valence-corrected chi connectivity index (χ0v) is 10.6. The summed E-state index contributed by atoms with van der Waals surface area (Å²) in [5, 5.41) is 2.85. The summed E-state index contributed by atoms with van der Waals surface area (Å²) in [5.74, 6) is 0.544. The molecule has 0 aromatic carbocycles. The van der Waals surface area contributed by atoms with Crippen LogP contribution in [0.1, 0.15) is 31.7 Å². The van der Waals surface area contributed by atoms with Crippen molar-refractivity contribution in [3.8, 4) is 0 Å². The van der Waals surface area contributed by atoms with Crippen molar-refractivity contribution < 1.29 is 4.79 Å². The number of nitrogens with zero attached hydrogens (tertiary/aromatic N) is 1. The van der Waals surface area contributed by atoms with Crippen LogP contribution < -0.4 is 11.1 Å². The number of anilines is 1. The lowest BCUT2D eigenvalue weighted by molar-refractivity contribution is -0.116. The van der Waals surface area contributed by atoms with Gasteiger partial charge in [0.05, 0.1) is 11.9 Å². The largest absolute Gasteiger partial charge is 0.330 e. The first-order chi connectivity index (χ1) is 8.11. The molecule has 0 bridgehead atoms. The molecule has 0 saturated heterocycles. The molecule has 1 aromatic rings. The topological polar surface area (TPSA) is 68.0 Å². The Bertz CT molecular complexity index is 365. The van der Waals surface area contributed by atoms with Crippen molar-refractivity contribution in [1.82, 2.24) is 4.98 Å². The Kier molecular flexibility index (Phi) is 5.63. The molecule has 94 valence electrons. The number of nitrogens with one attached hydrogen (secondary N) is 1. The van der Waals surface area contributed by atoms with E-state index in [0.717, 1.165) is 24.1 Å². The summed E-state index contributed by atoms with van der Waals surface area (Å²) >= 11 is 0. The van der Waals surface area contributed by atoms with Crippen LogP contribution in [0.25, 0.3) is 0 Å². The summed E-state index contributed by atoms with van der Waals surface area (Å²) in [5.41, 5.74) is 7.27. The third kappa shape index (κ3) is 5.45. The first kappa shape index (κ1) is 13.6. The highest BCUT2D eigenvalue weighted by Crippen LogP contribution is 2.12. The van der Waals surface area contributed by atoms with Gasteiger partial charge in [-0.25, -0.2) is 0 Å². The Labute approximate surface area is 103 Å². The molecule has 1 atom stereocenters. The summed E-state index contributed by atoms with van der Waals surface area (Å²) in [4.78, 5) is 15.7. The average molecular weight is 235 g/mol. The third-order valence-corrected chi connectivity index (χ3v) is 2.68. The van der Waals surface area contributed by atoms with E-state index in [1.807, 2.05) is 13.0 Å². The zero-order chi connectivity index (χ0) is 12.7. The van der Waals surface area contributed by atoms with E-state index in [1.165, 1.54) is 0 Å². The summed E-state index contributed by atoms with van der Waals surface area (Å²) in [6, 6.07) is 1.91. The molecule has 0 fully saturated rings. The van der Waals surface area contributed by atoms with Crippen molar-refractivity contribution in [2.75, 3.05) is 11.9 Å². The summed E-state index contributed by atoms with van der Waals surface area (Å²) in [6.45, 7) is 4.75. The minimum atomic E-state index is 0.0428. The Morgan fingerprint density at radius 3 is 2.88 bits per heavy atom. The molecule has 17 heavy (non-hydrogen) atoms. The van der Waals surface area contributed by atoms with Crippen LogP contribution in [0, 0.1) is 12.8 Å². The van der Waals surface area contributed by atoms with E-state index in [0.29, 0.717) is 18.9 Å². The minimum absolute atomic E-state index is 0.0428. The molecule has 1 rings (SSSR count). The summed E-state index contributed by atoms with van der Waals surface area (Å²) in [7, 11) is 0. The molecule has 1 aromatic heterocycles. The molecular weight excluding hydrogens is 214 g/mol. The van der Waals surface area contributed by atoms with Gasteiger partial charge in [-0.05, 0) is 43.9 Å². The Hall–Kier alpha value is -1.42. The first-order valence-electron chi connectivity index (χ1n) is 6.03. The van der Waals surface area contributed by atoms with Crippen LogP contribution in [0.2, 0.25) is 0 Å². The van der Waals surface area contributed by atoms with Crippen LogP contribution in [0.15, 0.2) is 18.5 Å². The highest BCUT2D eigenvalue weighted by molar-refractivity contribution is 5.90. The van der Waals surface area contributed by atoms with Crippen molar-refractivity contribution in [2.45, 2.75) is 33.1 Å². The van der Waals surface area contributed by atoms with Crippen molar-refractivity contribution >= 4 is 11.6 Å². The number of pyridine rings is 1. The molecule has 1 unspecified atom stereocenters. The van der Waals surface area contributed by atoms with E-state index in [4.69, 9.17) is 5.73 Å². The van der Waals surface area contributed by atoms with Crippen molar-refractivity contribution in [2.24, 2.45) is 11.7 Å². The maximum Gasteiger partial charge on any atom is 0.224 e. The lowest BCUT2D eigenvalue weighted by Crippen LogP contribution is -2.14. The monoisotopic (exact) mass is 235 g/mol. The number of rotatable bonds is 6. The maximum absolute atomic E-state index is 11.7. The highest BCUT2D eigenvalue weighted by Gasteiger charge is 2.06. The highest BCUT2D eigenvalue weighted by atomic mass is 16.1. The van der Waals surface area contributed by atoms with E-state index in [2.05, 4.69) is 17.2 Å². The summed E-state index contributed by atoms with van der Waals surface area (Å²) < 4.78 is 0. The number of aromatic nitrogens is 1. The number of amides is 1. The Balaban J connectivity index is 2.34. The van der Waals surface area contributed by atoms with Gasteiger partial charge >= 0.3 is 0 Å². The number of nitrogens with two attached hydrogens (primary N) is 1. The van der Waals surface area contributed by atoms with Gasteiger partial charge in [0.15, 0.2) is 0 Å². The van der Waals surface area contributed by atoms with Crippen LogP contribution in [0.3, 0.4) is 0 Å². The standard InChI is InChI=1S/C13H21N3O/c1-10(5-6-14)3-4-13(17)16-12-7-11(2)8-15-9-12/h7-10H,3-6,14H2,1-2H3,(H,16,17). The van der Waals surface area contributed by atoms with Gasteiger partial charge in [-0.3, -0.25) is 9.78 Å². The molecule has 0 aliphatic rings. The Morgan fingerprint density at radius 2 is 2.24 bits per heavy atom. The summed E-state index contributed by atoms with van der Waals surface area (Å²) in [6.07, 6.45) is 5.81. The van der Waals surface area contributed by atoms with Crippen LogP contribution in [0.4, 0.5) is 5.69 Å². The van der Waals surface area contributed by atoms with E-state index in [9.17, 15) is 4.79 Å². The van der Waals surface area contributed by atoms with Gasteiger partial charge < -0.3 is 11.1 Å². The van der Waals surface area contributed by atoms with Gasteiger partial charge in [0.25, 0.3) is 0 Å². The van der Waals surface area contributed by atoms with E-state index < -0.39 is 0 Å². The fourth-order valence-corrected chi connectivity index (χ4v) is 1.65. The molecule has 3 N–H and O–H groups in total. The molecule has 0 saturated carbocycles. The fraction of sp³-hybridized carbons (Fsp3) is 0.538. The van der Waals surface area contributed by atoms with E-state index in [1.54, 1.807) is 12.4 Å². The van der Waals surface area contributed by atoms with Crippen LogP contribution in [-0.2, 0) is 4.79 Å². The molecule has 1 heterocycles. The van der Waals surface area contributed by atoms with Gasteiger partial charge in [0, 0.05) is 12.6 Å². The molecule has 4 nitrogen and oxygen atoms in total. The average Bonchev–Trinajstić information content (AvgIpc) is 2.27. The van der Waals surface area contributed by atoms with Gasteiger partial charge in [-0.1, -0.05) is 6.92 Å². The van der Waals surface area contributed by atoms with Gasteiger partial charge in [0.1, 0.15) is 0 Å². The van der Waals surface area contributed by atoms with Crippen molar-refractivity contribution in [3.05, 3.63) is 24.0 Å². The first-order valence-corrected chi connectivity index (χ1v) is 6.03. The maximum atomic E-state index is 11.7. The molecule has 0 aliphatic heterocycles. The predicted octanol–water partition coefficient (Wildman–Crippen LogP) is 2.09. The second kappa shape index (κ2) is 7.01. The SMILES string of the molecule is Cc1cncc(NC(=O)CCC(C)CCN)c1. The lowest BCUT2D eigenvalue weighted by Gasteiger charge is -2.10. The number of carbonyl (C=O) groups excluding carboxylic acids is 1. The van der Waals surface area contributed by atoms with Gasteiger partial charge in [-0.2, -0.15) is 0 Å². The molecule has 1 amide bonds. The van der Waals surface area contributed by atoms with E-state index in [-0.39, 0.29) is 5.91 Å². The number of hydrogen-bond donors (Lipinski definition) is 2. The van der Waals surface area contributed by atoms with Crippen LogP contribution in [0.5, 0.6) is 0 Å². The fourth-order valence-electron chi connectivity index (χ4n) is 1.65. The second-order valence-electron chi connectivity index (χ2n) is 4.52. The van der Waals surface area contributed by atoms with Crippen LogP contribution in [-0.4, -0.2) is 17.4 Å². The zero-order valence-electron chi connectivity index (χ0n) is 10.6. The van der Waals surface area contributed by atoms with Crippen LogP contribution >= 0.6 is 0 Å². The second-order valence-corrected chi connectivity index (χ2v) is 4.52.